The number of hydrogen-bond donors (Lipinski definition) is 1. The minimum atomic E-state index is -0.0641. The van der Waals surface area contributed by atoms with Gasteiger partial charge in [-0.1, -0.05) is 6.08 Å². The van der Waals surface area contributed by atoms with Crippen LogP contribution in [0.25, 0.3) is 6.08 Å². The van der Waals surface area contributed by atoms with Crippen molar-refractivity contribution in [2.75, 3.05) is 26.6 Å². The average molecular weight is 337 g/mol. The highest BCUT2D eigenvalue weighted by Crippen LogP contribution is 2.30. The number of carbonyl (C=O) groups is 1. The van der Waals surface area contributed by atoms with Crippen molar-refractivity contribution >= 4 is 17.5 Å². The van der Waals surface area contributed by atoms with Crippen molar-refractivity contribution < 1.29 is 14.3 Å². The third-order valence-corrected chi connectivity index (χ3v) is 3.87. The monoisotopic (exact) mass is 337 g/mol. The summed E-state index contributed by atoms with van der Waals surface area (Å²) in [6, 6.07) is 11.1. The number of hydrogen-bond acceptors (Lipinski definition) is 4. The molecule has 25 heavy (non-hydrogen) atoms. The van der Waals surface area contributed by atoms with E-state index in [-0.39, 0.29) is 5.78 Å². The van der Waals surface area contributed by atoms with Gasteiger partial charge in [-0.2, -0.15) is 0 Å². The Labute approximate surface area is 148 Å². The molecule has 0 heterocycles. The second-order valence-electron chi connectivity index (χ2n) is 5.42. The number of anilines is 1. The fourth-order valence-electron chi connectivity index (χ4n) is 2.50. The van der Waals surface area contributed by atoms with Gasteiger partial charge in [0.2, 0.25) is 0 Å². The highest BCUT2D eigenvalue weighted by Gasteiger charge is 2.09. The molecule has 2 aromatic rings. The Hall–Kier alpha value is -3.01. The molecule has 4 heteroatoms. The lowest BCUT2D eigenvalue weighted by Crippen LogP contribution is -1.97. The largest absolute Gasteiger partial charge is 0.496 e. The van der Waals surface area contributed by atoms with Gasteiger partial charge in [-0.25, -0.2) is 0 Å². The average Bonchev–Trinajstić information content (AvgIpc) is 2.66. The van der Waals surface area contributed by atoms with Gasteiger partial charge in [-0.05, 0) is 54.5 Å². The second-order valence-corrected chi connectivity index (χ2v) is 5.42. The Bertz CT molecular complexity index is 776. The molecule has 0 aliphatic carbocycles. The third-order valence-electron chi connectivity index (χ3n) is 3.87. The summed E-state index contributed by atoms with van der Waals surface area (Å²) in [5.74, 6) is 1.33. The third kappa shape index (κ3) is 4.51. The second kappa shape index (κ2) is 8.73. The summed E-state index contributed by atoms with van der Waals surface area (Å²) >= 11 is 0. The first-order chi connectivity index (χ1) is 12.1. The summed E-state index contributed by atoms with van der Waals surface area (Å²) in [4.78, 5) is 12.4. The molecule has 0 saturated carbocycles. The molecule has 0 saturated heterocycles. The predicted octanol–water partition coefficient (Wildman–Crippen LogP) is 4.37. The van der Waals surface area contributed by atoms with E-state index < -0.39 is 0 Å². The van der Waals surface area contributed by atoms with E-state index in [9.17, 15) is 4.79 Å². The lowest BCUT2D eigenvalue weighted by Gasteiger charge is -2.12. The zero-order chi connectivity index (χ0) is 18.2. The molecule has 0 spiro atoms. The topological polar surface area (TPSA) is 47.6 Å². The Morgan fingerprint density at radius 3 is 2.36 bits per heavy atom. The molecule has 2 aromatic carbocycles. The minimum Gasteiger partial charge on any atom is -0.496 e. The van der Waals surface area contributed by atoms with Crippen LogP contribution in [-0.2, 0) is 6.42 Å². The molecule has 0 aliphatic rings. The standard InChI is InChI=1S/C21H23NO3/c1-5-6-16-13-17(21(25-4)14-20(16)24-3)9-12-19(23)15-7-10-18(22-2)11-8-15/h5,7-14,22H,1,6H2,2-4H3. The van der Waals surface area contributed by atoms with E-state index in [2.05, 4.69) is 11.9 Å². The molecule has 0 amide bonds. The van der Waals surface area contributed by atoms with Crippen LogP contribution in [-0.4, -0.2) is 27.1 Å². The summed E-state index contributed by atoms with van der Waals surface area (Å²) in [6.45, 7) is 3.77. The van der Waals surface area contributed by atoms with Gasteiger partial charge in [-0.15, -0.1) is 6.58 Å². The first kappa shape index (κ1) is 18.3. The zero-order valence-corrected chi connectivity index (χ0v) is 14.8. The van der Waals surface area contributed by atoms with Crippen LogP contribution in [0.4, 0.5) is 5.69 Å². The number of ketones is 1. The van der Waals surface area contributed by atoms with Crippen molar-refractivity contribution in [1.82, 2.24) is 0 Å². The molecule has 0 unspecified atom stereocenters. The van der Waals surface area contributed by atoms with Crippen LogP contribution in [0.1, 0.15) is 21.5 Å². The van der Waals surface area contributed by atoms with Gasteiger partial charge in [0.25, 0.3) is 0 Å². The molecular formula is C21H23NO3. The number of carbonyl (C=O) groups excluding carboxylic acids is 1. The Balaban J connectivity index is 2.30. The van der Waals surface area contributed by atoms with Gasteiger partial charge in [-0.3, -0.25) is 4.79 Å². The van der Waals surface area contributed by atoms with Gasteiger partial charge >= 0.3 is 0 Å². The maximum absolute atomic E-state index is 12.4. The molecule has 0 fully saturated rings. The first-order valence-electron chi connectivity index (χ1n) is 7.99. The minimum absolute atomic E-state index is 0.0641. The normalized spacial score (nSPS) is 10.5. The fourth-order valence-corrected chi connectivity index (χ4v) is 2.50. The van der Waals surface area contributed by atoms with E-state index in [1.165, 1.54) is 0 Å². The maximum Gasteiger partial charge on any atom is 0.185 e. The number of rotatable bonds is 8. The summed E-state index contributed by atoms with van der Waals surface area (Å²) in [6.07, 6.45) is 5.80. The molecule has 2 rings (SSSR count). The van der Waals surface area contributed by atoms with E-state index in [0.29, 0.717) is 17.7 Å². The van der Waals surface area contributed by atoms with Crippen LogP contribution >= 0.6 is 0 Å². The molecule has 0 bridgehead atoms. The number of allylic oxidation sites excluding steroid dienone is 2. The molecule has 130 valence electrons. The van der Waals surface area contributed by atoms with E-state index in [4.69, 9.17) is 9.47 Å². The van der Waals surface area contributed by atoms with E-state index in [1.54, 1.807) is 38.5 Å². The van der Waals surface area contributed by atoms with Gasteiger partial charge in [0, 0.05) is 29.9 Å². The van der Waals surface area contributed by atoms with Gasteiger partial charge < -0.3 is 14.8 Å². The smallest absolute Gasteiger partial charge is 0.185 e. The summed E-state index contributed by atoms with van der Waals surface area (Å²) in [5, 5.41) is 3.03. The van der Waals surface area contributed by atoms with Crippen LogP contribution in [0.15, 0.2) is 55.1 Å². The molecule has 0 aliphatic heterocycles. The number of ether oxygens (including phenoxy) is 2. The molecule has 0 radical (unpaired) electrons. The number of nitrogens with one attached hydrogen (secondary N) is 1. The van der Waals surface area contributed by atoms with Crippen LogP contribution in [0.2, 0.25) is 0 Å². The van der Waals surface area contributed by atoms with E-state index >= 15 is 0 Å². The fraction of sp³-hybridized carbons (Fsp3) is 0.190. The maximum atomic E-state index is 12.4. The lowest BCUT2D eigenvalue weighted by atomic mass is 10.0. The van der Waals surface area contributed by atoms with Gasteiger partial charge in [0.05, 0.1) is 14.2 Å². The van der Waals surface area contributed by atoms with Crippen molar-refractivity contribution in [1.29, 1.82) is 0 Å². The highest BCUT2D eigenvalue weighted by molar-refractivity contribution is 6.07. The van der Waals surface area contributed by atoms with Crippen molar-refractivity contribution in [3.05, 3.63) is 71.8 Å². The molecule has 1 N–H and O–H groups in total. The van der Waals surface area contributed by atoms with Crippen LogP contribution in [0, 0.1) is 0 Å². The van der Waals surface area contributed by atoms with E-state index in [0.717, 1.165) is 22.6 Å². The lowest BCUT2D eigenvalue weighted by molar-refractivity contribution is 0.104. The molecule has 0 aromatic heterocycles. The predicted molar refractivity (Wildman–Crippen MR) is 103 cm³/mol. The van der Waals surface area contributed by atoms with Crippen molar-refractivity contribution in [2.45, 2.75) is 6.42 Å². The Morgan fingerprint density at radius 2 is 1.80 bits per heavy atom. The Kier molecular flexibility index (Phi) is 6.40. The first-order valence-corrected chi connectivity index (χ1v) is 7.99. The highest BCUT2D eigenvalue weighted by atomic mass is 16.5. The van der Waals surface area contributed by atoms with Gasteiger partial charge in [0.1, 0.15) is 11.5 Å². The Morgan fingerprint density at radius 1 is 1.12 bits per heavy atom. The van der Waals surface area contributed by atoms with Crippen LogP contribution in [0.5, 0.6) is 11.5 Å². The van der Waals surface area contributed by atoms with Crippen LogP contribution in [0.3, 0.4) is 0 Å². The number of methoxy groups -OCH3 is 2. The molecule has 0 atom stereocenters. The SMILES string of the molecule is C=CCc1cc(C=CC(=O)c2ccc(NC)cc2)c(OC)cc1OC. The molecule has 4 nitrogen and oxygen atoms in total. The van der Waals surface area contributed by atoms with E-state index in [1.807, 2.05) is 37.4 Å². The van der Waals surface area contributed by atoms with Gasteiger partial charge in [0.15, 0.2) is 5.78 Å². The summed E-state index contributed by atoms with van der Waals surface area (Å²) in [7, 11) is 5.06. The summed E-state index contributed by atoms with van der Waals surface area (Å²) < 4.78 is 10.8. The zero-order valence-electron chi connectivity index (χ0n) is 14.8. The van der Waals surface area contributed by atoms with Crippen molar-refractivity contribution in [3.8, 4) is 11.5 Å². The molecular weight excluding hydrogens is 314 g/mol. The van der Waals surface area contributed by atoms with Crippen molar-refractivity contribution in [2.24, 2.45) is 0 Å². The van der Waals surface area contributed by atoms with Crippen LogP contribution < -0.4 is 14.8 Å². The number of benzene rings is 2. The summed E-state index contributed by atoms with van der Waals surface area (Å²) in [5.41, 5.74) is 3.41. The quantitative estimate of drug-likeness (QED) is 0.441. The van der Waals surface area contributed by atoms with Crippen molar-refractivity contribution in [3.63, 3.8) is 0 Å².